The first-order chi connectivity index (χ1) is 10.2. The van der Waals surface area contributed by atoms with Gasteiger partial charge in [0, 0.05) is 11.1 Å². The lowest BCUT2D eigenvalue weighted by atomic mass is 10.2. The molecule has 6 heteroatoms. The van der Waals surface area contributed by atoms with E-state index in [2.05, 4.69) is 4.98 Å². The lowest BCUT2D eigenvalue weighted by Crippen LogP contribution is -2.04. The Morgan fingerprint density at radius 3 is 2.86 bits per heavy atom. The van der Waals surface area contributed by atoms with E-state index >= 15 is 0 Å². The van der Waals surface area contributed by atoms with Crippen LogP contribution >= 0.6 is 23.4 Å². The van der Waals surface area contributed by atoms with Gasteiger partial charge in [0.05, 0.1) is 5.56 Å². The zero-order valence-electron chi connectivity index (χ0n) is 10.8. The summed E-state index contributed by atoms with van der Waals surface area (Å²) in [5.74, 6) is -0.240. The predicted molar refractivity (Wildman–Crippen MR) is 81.6 cm³/mol. The Balaban J connectivity index is 1.60. The maximum absolute atomic E-state index is 11.7. The van der Waals surface area contributed by atoms with E-state index in [0.717, 1.165) is 5.52 Å². The second-order valence-corrected chi connectivity index (χ2v) is 5.46. The minimum Gasteiger partial charge on any atom is -0.450 e. The Morgan fingerprint density at radius 1 is 1.24 bits per heavy atom. The van der Waals surface area contributed by atoms with Gasteiger partial charge in [-0.15, -0.1) is 0 Å². The van der Waals surface area contributed by atoms with Crippen molar-refractivity contribution in [2.75, 3.05) is 5.94 Å². The van der Waals surface area contributed by atoms with Gasteiger partial charge in [0.1, 0.15) is 11.5 Å². The van der Waals surface area contributed by atoms with E-state index in [4.69, 9.17) is 20.8 Å². The van der Waals surface area contributed by atoms with Gasteiger partial charge in [-0.3, -0.25) is 0 Å². The third-order valence-electron chi connectivity index (χ3n) is 2.71. The fourth-order valence-electron chi connectivity index (χ4n) is 1.73. The highest BCUT2D eigenvalue weighted by Gasteiger charge is 2.09. The third kappa shape index (κ3) is 3.37. The van der Waals surface area contributed by atoms with Gasteiger partial charge < -0.3 is 9.15 Å². The summed E-state index contributed by atoms with van der Waals surface area (Å²) in [5, 5.41) is 1.03. The van der Waals surface area contributed by atoms with Crippen molar-refractivity contribution in [1.29, 1.82) is 0 Å². The normalized spacial score (nSPS) is 10.7. The maximum Gasteiger partial charge on any atom is 0.338 e. The molecule has 0 radical (unpaired) electrons. The van der Waals surface area contributed by atoms with Crippen molar-refractivity contribution in [3.05, 3.63) is 59.1 Å². The number of carbonyl (C=O) groups excluding carboxylic acids is 1. The van der Waals surface area contributed by atoms with E-state index < -0.39 is 0 Å². The van der Waals surface area contributed by atoms with Crippen LogP contribution in [0.1, 0.15) is 10.4 Å². The van der Waals surface area contributed by atoms with Crippen LogP contribution in [0.2, 0.25) is 5.02 Å². The predicted octanol–water partition coefficient (Wildman–Crippen LogP) is 4.39. The number of hydrogen-bond donors (Lipinski definition) is 0. The van der Waals surface area contributed by atoms with Gasteiger partial charge in [-0.05, 0) is 36.0 Å². The van der Waals surface area contributed by atoms with E-state index in [-0.39, 0.29) is 11.9 Å². The van der Waals surface area contributed by atoms with Crippen molar-refractivity contribution in [3.63, 3.8) is 0 Å². The molecule has 21 heavy (non-hydrogen) atoms. The quantitative estimate of drug-likeness (QED) is 0.405. The van der Waals surface area contributed by atoms with Crippen LogP contribution in [0, 0.1) is 0 Å². The van der Waals surface area contributed by atoms with Crippen molar-refractivity contribution in [1.82, 2.24) is 4.98 Å². The van der Waals surface area contributed by atoms with Gasteiger partial charge in [0.2, 0.25) is 0 Å². The van der Waals surface area contributed by atoms with E-state index in [0.29, 0.717) is 21.4 Å². The average molecular weight is 320 g/mol. The number of thioether (sulfide) groups is 1. The molecule has 0 spiro atoms. The van der Waals surface area contributed by atoms with Crippen LogP contribution in [0.5, 0.6) is 0 Å². The van der Waals surface area contributed by atoms with Gasteiger partial charge in [-0.1, -0.05) is 29.8 Å². The smallest absolute Gasteiger partial charge is 0.338 e. The van der Waals surface area contributed by atoms with Crippen LogP contribution in [0.4, 0.5) is 0 Å². The molecule has 4 nitrogen and oxygen atoms in total. The van der Waals surface area contributed by atoms with Crippen molar-refractivity contribution in [3.8, 4) is 0 Å². The minimum absolute atomic E-state index is 0.133. The van der Waals surface area contributed by atoms with Crippen LogP contribution in [-0.2, 0) is 4.74 Å². The second-order valence-electron chi connectivity index (χ2n) is 4.15. The number of esters is 1. The largest absolute Gasteiger partial charge is 0.450 e. The van der Waals surface area contributed by atoms with Gasteiger partial charge in [-0.2, -0.15) is 0 Å². The number of ether oxygens (including phenoxy) is 1. The molecule has 0 bridgehead atoms. The molecule has 0 unspecified atom stereocenters. The van der Waals surface area contributed by atoms with E-state index in [1.54, 1.807) is 42.5 Å². The molecule has 0 amide bonds. The fourth-order valence-corrected chi connectivity index (χ4v) is 2.47. The number of halogens is 1. The monoisotopic (exact) mass is 319 g/mol. The summed E-state index contributed by atoms with van der Waals surface area (Å²) < 4.78 is 10.7. The molecule has 106 valence electrons. The number of oxazole rings is 1. The molecule has 0 saturated heterocycles. The van der Waals surface area contributed by atoms with Crippen molar-refractivity contribution in [2.24, 2.45) is 0 Å². The highest BCUT2D eigenvalue weighted by molar-refractivity contribution is 7.98. The lowest BCUT2D eigenvalue weighted by molar-refractivity contribution is 0.0579. The molecular weight excluding hydrogens is 310 g/mol. The summed E-state index contributed by atoms with van der Waals surface area (Å²) >= 11 is 7.09. The van der Waals surface area contributed by atoms with Crippen LogP contribution in [0.25, 0.3) is 11.1 Å². The summed E-state index contributed by atoms with van der Waals surface area (Å²) in [6.07, 6.45) is 0. The summed E-state index contributed by atoms with van der Waals surface area (Å²) in [5.41, 5.74) is 1.85. The highest BCUT2D eigenvalue weighted by Crippen LogP contribution is 2.25. The van der Waals surface area contributed by atoms with Crippen molar-refractivity contribution in [2.45, 2.75) is 5.22 Å². The Morgan fingerprint density at radius 2 is 2.05 bits per heavy atom. The van der Waals surface area contributed by atoms with Gasteiger partial charge >= 0.3 is 5.97 Å². The number of fused-ring (bicyclic) bond motifs is 1. The Labute approximate surface area is 130 Å². The Hall–Kier alpha value is -1.98. The van der Waals surface area contributed by atoms with Crippen LogP contribution in [0.15, 0.2) is 58.2 Å². The first-order valence-electron chi connectivity index (χ1n) is 6.13. The number of rotatable bonds is 4. The molecule has 3 rings (SSSR count). The summed E-state index contributed by atoms with van der Waals surface area (Å²) in [7, 11) is 0. The summed E-state index contributed by atoms with van der Waals surface area (Å²) in [6, 6.07) is 14.0. The topological polar surface area (TPSA) is 52.3 Å². The molecule has 0 saturated carbocycles. The SMILES string of the molecule is O=C(OCSc1nc2ccc(Cl)cc2o1)c1ccccc1. The average Bonchev–Trinajstić information content (AvgIpc) is 2.89. The van der Waals surface area contributed by atoms with Gasteiger partial charge in [-0.25, -0.2) is 9.78 Å². The Kier molecular flexibility index (Phi) is 4.13. The second kappa shape index (κ2) is 6.20. The fraction of sp³-hybridized carbons (Fsp3) is 0.0667. The van der Waals surface area contributed by atoms with Crippen molar-refractivity contribution < 1.29 is 13.9 Å². The lowest BCUT2D eigenvalue weighted by Gasteiger charge is -2.02. The minimum atomic E-state index is -0.373. The molecular formula is C15H10ClNO3S. The number of nitrogens with zero attached hydrogens (tertiary/aromatic N) is 1. The van der Waals surface area contributed by atoms with Crippen molar-refractivity contribution >= 4 is 40.4 Å². The maximum atomic E-state index is 11.7. The van der Waals surface area contributed by atoms with Crippen LogP contribution in [-0.4, -0.2) is 16.9 Å². The van der Waals surface area contributed by atoms with E-state index in [1.807, 2.05) is 6.07 Å². The summed E-state index contributed by atoms with van der Waals surface area (Å²) in [4.78, 5) is 16.0. The standard InChI is InChI=1S/C15H10ClNO3S/c16-11-6-7-12-13(8-11)20-15(17-12)21-9-19-14(18)10-4-2-1-3-5-10/h1-8H,9H2. The van der Waals surface area contributed by atoms with Gasteiger partial charge in [0.15, 0.2) is 5.58 Å². The van der Waals surface area contributed by atoms with E-state index in [1.165, 1.54) is 11.8 Å². The Bertz CT molecular complexity index is 773. The zero-order chi connectivity index (χ0) is 14.7. The first-order valence-corrected chi connectivity index (χ1v) is 7.50. The summed E-state index contributed by atoms with van der Waals surface area (Å²) in [6.45, 7) is 0. The molecule has 0 atom stereocenters. The van der Waals surface area contributed by atoms with E-state index in [9.17, 15) is 4.79 Å². The molecule has 0 fully saturated rings. The molecule has 3 aromatic rings. The van der Waals surface area contributed by atoms with Gasteiger partial charge in [0.25, 0.3) is 5.22 Å². The molecule has 1 heterocycles. The molecule has 0 aliphatic rings. The molecule has 0 aliphatic heterocycles. The highest BCUT2D eigenvalue weighted by atomic mass is 35.5. The molecule has 2 aromatic carbocycles. The molecule has 1 aromatic heterocycles. The molecule has 0 N–H and O–H groups in total. The first kappa shape index (κ1) is 14.0. The number of benzene rings is 2. The molecule has 0 aliphatic carbocycles. The number of hydrogen-bond acceptors (Lipinski definition) is 5. The third-order valence-corrected chi connectivity index (χ3v) is 3.61. The zero-order valence-corrected chi connectivity index (χ0v) is 12.4. The number of aromatic nitrogens is 1. The number of carbonyl (C=O) groups is 1. The van der Waals surface area contributed by atoms with Crippen LogP contribution in [0.3, 0.4) is 0 Å². The van der Waals surface area contributed by atoms with Crippen LogP contribution < -0.4 is 0 Å².